The molecule has 0 N–H and O–H groups in total. The highest BCUT2D eigenvalue weighted by molar-refractivity contribution is 9.09. The molecular formula is C9H12BrNO. The van der Waals surface area contributed by atoms with Crippen LogP contribution < -0.4 is 9.64 Å². The van der Waals surface area contributed by atoms with Gasteiger partial charge in [-0.15, -0.1) is 0 Å². The van der Waals surface area contributed by atoms with Crippen molar-refractivity contribution in [2.24, 2.45) is 0 Å². The van der Waals surface area contributed by atoms with Gasteiger partial charge in [-0.1, -0.05) is 22.0 Å². The molecule has 0 spiro atoms. The maximum Gasteiger partial charge on any atom is 0.120 e. The monoisotopic (exact) mass is 229 g/mol. The third kappa shape index (κ3) is 2.14. The van der Waals surface area contributed by atoms with Crippen molar-refractivity contribution in [1.29, 1.82) is 0 Å². The number of hydrogen-bond acceptors (Lipinski definition) is 2. The average Bonchev–Trinajstić information content (AvgIpc) is 2.17. The molecule has 0 aliphatic heterocycles. The first-order chi connectivity index (χ1) is 5.77. The average molecular weight is 230 g/mol. The first-order valence-electron chi connectivity index (χ1n) is 3.69. The van der Waals surface area contributed by atoms with Crippen LogP contribution in [0.25, 0.3) is 0 Å². The number of methoxy groups -OCH3 is 1. The molecular weight excluding hydrogens is 218 g/mol. The van der Waals surface area contributed by atoms with Crippen LogP contribution in [0.2, 0.25) is 0 Å². The smallest absolute Gasteiger partial charge is 0.120 e. The van der Waals surface area contributed by atoms with Crippen LogP contribution in [0.4, 0.5) is 5.69 Å². The van der Waals surface area contributed by atoms with E-state index >= 15 is 0 Å². The lowest BCUT2D eigenvalue weighted by Gasteiger charge is -2.15. The number of alkyl halides is 1. The van der Waals surface area contributed by atoms with Crippen molar-refractivity contribution < 1.29 is 4.74 Å². The molecule has 0 amide bonds. The zero-order valence-electron chi connectivity index (χ0n) is 7.25. The predicted molar refractivity (Wildman–Crippen MR) is 55.2 cm³/mol. The molecule has 1 rings (SSSR count). The van der Waals surface area contributed by atoms with Crippen LogP contribution in [0, 0.1) is 0 Å². The van der Waals surface area contributed by atoms with Crippen molar-refractivity contribution in [1.82, 2.24) is 0 Å². The predicted octanol–water partition coefficient (Wildman–Crippen LogP) is 2.48. The van der Waals surface area contributed by atoms with Crippen LogP contribution in [0.3, 0.4) is 0 Å². The van der Waals surface area contributed by atoms with Crippen LogP contribution in [0.5, 0.6) is 5.75 Å². The second kappa shape index (κ2) is 4.36. The molecule has 0 bridgehead atoms. The number of anilines is 1. The Labute approximate surface area is 81.3 Å². The van der Waals surface area contributed by atoms with E-state index in [2.05, 4.69) is 20.8 Å². The fourth-order valence-corrected chi connectivity index (χ4v) is 1.21. The van der Waals surface area contributed by atoms with Gasteiger partial charge in [-0.2, -0.15) is 0 Å². The van der Waals surface area contributed by atoms with Gasteiger partial charge in [-0.3, -0.25) is 0 Å². The molecule has 0 aliphatic carbocycles. The molecule has 0 saturated heterocycles. The van der Waals surface area contributed by atoms with Gasteiger partial charge in [0.15, 0.2) is 0 Å². The minimum Gasteiger partial charge on any atom is -0.497 e. The molecule has 0 unspecified atom stereocenters. The van der Waals surface area contributed by atoms with Crippen LogP contribution >= 0.6 is 15.9 Å². The summed E-state index contributed by atoms with van der Waals surface area (Å²) in [7, 11) is 3.69. The van der Waals surface area contributed by atoms with Crippen molar-refractivity contribution in [3.8, 4) is 5.75 Å². The van der Waals surface area contributed by atoms with Crippen molar-refractivity contribution in [2.45, 2.75) is 0 Å². The summed E-state index contributed by atoms with van der Waals surface area (Å²) in [6, 6.07) is 7.96. The van der Waals surface area contributed by atoms with E-state index in [0.717, 1.165) is 16.9 Å². The highest BCUT2D eigenvalue weighted by Gasteiger charge is 1.98. The molecule has 0 heterocycles. The summed E-state index contributed by atoms with van der Waals surface area (Å²) >= 11 is 3.38. The summed E-state index contributed by atoms with van der Waals surface area (Å²) in [6.07, 6.45) is 0. The topological polar surface area (TPSA) is 12.5 Å². The minimum atomic E-state index is 0.820. The number of benzene rings is 1. The number of halogens is 1. The number of nitrogens with zero attached hydrogens (tertiary/aromatic N) is 1. The lowest BCUT2D eigenvalue weighted by atomic mass is 10.3. The van der Waals surface area contributed by atoms with E-state index < -0.39 is 0 Å². The first-order valence-corrected chi connectivity index (χ1v) is 4.81. The second-order valence-electron chi connectivity index (χ2n) is 2.52. The van der Waals surface area contributed by atoms with Gasteiger partial charge >= 0.3 is 0 Å². The standard InChI is InChI=1S/C9H12BrNO/c1-11(7-10)8-4-3-5-9(6-8)12-2/h3-6H,7H2,1-2H3. The second-order valence-corrected chi connectivity index (χ2v) is 3.02. The Hall–Kier alpha value is -0.700. The minimum absolute atomic E-state index is 0.820. The Morgan fingerprint density at radius 1 is 1.50 bits per heavy atom. The largest absolute Gasteiger partial charge is 0.497 e. The van der Waals surface area contributed by atoms with Gasteiger partial charge in [-0.05, 0) is 12.1 Å². The summed E-state index contributed by atoms with van der Waals surface area (Å²) in [5.74, 6) is 0.889. The summed E-state index contributed by atoms with van der Waals surface area (Å²) < 4.78 is 5.11. The number of ether oxygens (including phenoxy) is 1. The van der Waals surface area contributed by atoms with Crippen LogP contribution in [-0.2, 0) is 0 Å². The maximum atomic E-state index is 5.11. The third-order valence-electron chi connectivity index (χ3n) is 1.67. The van der Waals surface area contributed by atoms with E-state index in [4.69, 9.17) is 4.74 Å². The Bertz CT molecular complexity index is 252. The molecule has 2 nitrogen and oxygen atoms in total. The van der Waals surface area contributed by atoms with Crippen LogP contribution in [0.1, 0.15) is 0 Å². The molecule has 66 valence electrons. The van der Waals surface area contributed by atoms with Crippen LogP contribution in [0.15, 0.2) is 24.3 Å². The van der Waals surface area contributed by atoms with Gasteiger partial charge in [-0.25, -0.2) is 0 Å². The summed E-state index contributed by atoms with van der Waals surface area (Å²) in [4.78, 5) is 2.09. The fourth-order valence-electron chi connectivity index (χ4n) is 0.917. The molecule has 0 aliphatic rings. The number of rotatable bonds is 3. The summed E-state index contributed by atoms with van der Waals surface area (Å²) in [6.45, 7) is 0. The van der Waals surface area contributed by atoms with Crippen molar-refractivity contribution >= 4 is 21.6 Å². The van der Waals surface area contributed by atoms with Crippen molar-refractivity contribution in [3.05, 3.63) is 24.3 Å². The normalized spacial score (nSPS) is 9.58. The first kappa shape index (κ1) is 9.39. The van der Waals surface area contributed by atoms with Gasteiger partial charge in [0.05, 0.1) is 12.6 Å². The van der Waals surface area contributed by atoms with Gasteiger partial charge in [0.25, 0.3) is 0 Å². The van der Waals surface area contributed by atoms with Gasteiger partial charge < -0.3 is 9.64 Å². The number of hydrogen-bond donors (Lipinski definition) is 0. The zero-order chi connectivity index (χ0) is 8.97. The molecule has 0 radical (unpaired) electrons. The molecule has 0 atom stereocenters. The summed E-state index contributed by atoms with van der Waals surface area (Å²) in [5, 5.41) is 0. The molecule has 1 aromatic rings. The Morgan fingerprint density at radius 3 is 2.83 bits per heavy atom. The molecule has 1 aromatic carbocycles. The van der Waals surface area contributed by atoms with E-state index in [0.29, 0.717) is 0 Å². The molecule has 0 aromatic heterocycles. The van der Waals surface area contributed by atoms with E-state index in [1.54, 1.807) is 7.11 Å². The lowest BCUT2D eigenvalue weighted by molar-refractivity contribution is 0.415. The maximum absolute atomic E-state index is 5.11. The van der Waals surface area contributed by atoms with Gasteiger partial charge in [0.1, 0.15) is 5.75 Å². The zero-order valence-corrected chi connectivity index (χ0v) is 8.84. The van der Waals surface area contributed by atoms with Crippen molar-refractivity contribution in [2.75, 3.05) is 24.5 Å². The Balaban J connectivity index is 2.86. The van der Waals surface area contributed by atoms with E-state index in [1.165, 1.54) is 0 Å². The molecule has 0 fully saturated rings. The van der Waals surface area contributed by atoms with Gasteiger partial charge in [0, 0.05) is 18.8 Å². The van der Waals surface area contributed by atoms with E-state index in [9.17, 15) is 0 Å². The van der Waals surface area contributed by atoms with Crippen molar-refractivity contribution in [3.63, 3.8) is 0 Å². The Kier molecular flexibility index (Phi) is 3.41. The molecule has 0 saturated carbocycles. The fraction of sp³-hybridized carbons (Fsp3) is 0.333. The highest BCUT2D eigenvalue weighted by Crippen LogP contribution is 2.19. The highest BCUT2D eigenvalue weighted by atomic mass is 79.9. The van der Waals surface area contributed by atoms with Crippen LogP contribution in [-0.4, -0.2) is 19.6 Å². The molecule has 12 heavy (non-hydrogen) atoms. The molecule has 3 heteroatoms. The van der Waals surface area contributed by atoms with E-state index in [1.807, 2.05) is 31.3 Å². The van der Waals surface area contributed by atoms with Gasteiger partial charge in [0.2, 0.25) is 0 Å². The lowest BCUT2D eigenvalue weighted by Crippen LogP contribution is -2.13. The SMILES string of the molecule is COc1cccc(N(C)CBr)c1. The Morgan fingerprint density at radius 2 is 2.25 bits per heavy atom. The third-order valence-corrected chi connectivity index (χ3v) is 2.43. The summed E-state index contributed by atoms with van der Waals surface area (Å²) in [5.41, 5.74) is 1.96. The quantitative estimate of drug-likeness (QED) is 0.584. The van der Waals surface area contributed by atoms with E-state index in [-0.39, 0.29) is 0 Å².